The maximum atomic E-state index is 12.4. The van der Waals surface area contributed by atoms with Crippen LogP contribution in [0.1, 0.15) is 17.4 Å². The molecular weight excluding hydrogens is 292 g/mol. The molecule has 0 aliphatic carbocycles. The van der Waals surface area contributed by atoms with Crippen molar-refractivity contribution in [3.05, 3.63) is 36.2 Å². The van der Waals surface area contributed by atoms with Crippen LogP contribution in [0.25, 0.3) is 0 Å². The highest BCUT2D eigenvalue weighted by atomic mass is 35.5. The third-order valence-electron chi connectivity index (χ3n) is 3.33. The topological polar surface area (TPSA) is 67.2 Å². The molecule has 1 aromatic heterocycles. The zero-order chi connectivity index (χ0) is 15.0. The summed E-state index contributed by atoms with van der Waals surface area (Å²) in [5.41, 5.74) is 1.96. The minimum absolute atomic E-state index is 0.181. The summed E-state index contributed by atoms with van der Waals surface area (Å²) >= 11 is 5.72. The number of anilines is 3. The third kappa shape index (κ3) is 2.08. The van der Waals surface area contributed by atoms with Crippen LogP contribution in [0.4, 0.5) is 17.1 Å². The SMILES string of the molecule is CCn1ncc2c1C(=O)Nc1ccccc1N2C(=O)CCl. The van der Waals surface area contributed by atoms with Crippen LogP contribution < -0.4 is 10.2 Å². The number of nitrogens with one attached hydrogen (secondary N) is 1. The first-order valence-electron chi connectivity index (χ1n) is 6.52. The fourth-order valence-corrected chi connectivity index (χ4v) is 2.55. The normalized spacial score (nSPS) is 13.2. The Morgan fingerprint density at radius 3 is 2.81 bits per heavy atom. The number of amides is 2. The van der Waals surface area contributed by atoms with Gasteiger partial charge in [0.25, 0.3) is 5.91 Å². The van der Waals surface area contributed by atoms with Crippen LogP contribution >= 0.6 is 11.6 Å². The van der Waals surface area contributed by atoms with E-state index < -0.39 is 0 Å². The number of hydrogen-bond acceptors (Lipinski definition) is 3. The largest absolute Gasteiger partial charge is 0.319 e. The van der Waals surface area contributed by atoms with Gasteiger partial charge in [0.1, 0.15) is 11.6 Å². The number of carbonyl (C=O) groups is 2. The number of carbonyl (C=O) groups excluding carboxylic acids is 2. The highest BCUT2D eigenvalue weighted by molar-refractivity contribution is 6.31. The molecule has 7 heteroatoms. The van der Waals surface area contributed by atoms with E-state index in [9.17, 15) is 9.59 Å². The first kappa shape index (κ1) is 13.6. The number of rotatable bonds is 2. The van der Waals surface area contributed by atoms with Crippen molar-refractivity contribution in [2.45, 2.75) is 13.5 Å². The molecule has 2 heterocycles. The summed E-state index contributed by atoms with van der Waals surface area (Å²) in [4.78, 5) is 26.1. The van der Waals surface area contributed by atoms with E-state index in [-0.39, 0.29) is 17.7 Å². The Kier molecular flexibility index (Phi) is 3.39. The second-order valence-corrected chi connectivity index (χ2v) is 4.80. The molecule has 0 saturated heterocycles. The van der Waals surface area contributed by atoms with E-state index in [2.05, 4.69) is 10.4 Å². The van der Waals surface area contributed by atoms with Gasteiger partial charge in [-0.3, -0.25) is 19.2 Å². The monoisotopic (exact) mass is 304 g/mol. The number of fused-ring (bicyclic) bond motifs is 2. The third-order valence-corrected chi connectivity index (χ3v) is 3.56. The van der Waals surface area contributed by atoms with Gasteiger partial charge in [-0.1, -0.05) is 12.1 Å². The predicted molar refractivity (Wildman–Crippen MR) is 80.2 cm³/mol. The van der Waals surface area contributed by atoms with Crippen molar-refractivity contribution in [2.24, 2.45) is 0 Å². The van der Waals surface area contributed by atoms with Gasteiger partial charge >= 0.3 is 0 Å². The van der Waals surface area contributed by atoms with Gasteiger partial charge in [0.15, 0.2) is 5.69 Å². The molecule has 3 rings (SSSR count). The van der Waals surface area contributed by atoms with Crippen molar-refractivity contribution in [3.63, 3.8) is 0 Å². The summed E-state index contributed by atoms with van der Waals surface area (Å²) in [5, 5.41) is 6.98. The van der Waals surface area contributed by atoms with Crippen LogP contribution in [0.2, 0.25) is 0 Å². The van der Waals surface area contributed by atoms with Gasteiger partial charge in [-0.05, 0) is 19.1 Å². The molecular formula is C14H13ClN4O2. The Hall–Kier alpha value is -2.34. The molecule has 1 aromatic carbocycles. The van der Waals surface area contributed by atoms with Crippen molar-refractivity contribution in [3.8, 4) is 0 Å². The van der Waals surface area contributed by atoms with Gasteiger partial charge in [-0.2, -0.15) is 5.10 Å². The smallest absolute Gasteiger partial charge is 0.276 e. The minimum atomic E-state index is -0.308. The molecule has 108 valence electrons. The van der Waals surface area contributed by atoms with Gasteiger partial charge in [0.05, 0.1) is 17.6 Å². The molecule has 0 radical (unpaired) electrons. The molecule has 0 atom stereocenters. The fraction of sp³-hybridized carbons (Fsp3) is 0.214. The van der Waals surface area contributed by atoms with Crippen molar-refractivity contribution in [1.82, 2.24) is 9.78 Å². The van der Waals surface area contributed by atoms with Crippen LogP contribution in [0.3, 0.4) is 0 Å². The molecule has 1 aliphatic heterocycles. The van der Waals surface area contributed by atoms with Crippen molar-refractivity contribution in [1.29, 1.82) is 0 Å². The van der Waals surface area contributed by atoms with Crippen molar-refractivity contribution < 1.29 is 9.59 Å². The number of aromatic nitrogens is 2. The molecule has 0 saturated carbocycles. The Labute approximate surface area is 126 Å². The van der Waals surface area contributed by atoms with Gasteiger partial charge in [0.2, 0.25) is 5.91 Å². The van der Waals surface area contributed by atoms with Gasteiger partial charge in [-0.25, -0.2) is 0 Å². The van der Waals surface area contributed by atoms with E-state index in [1.54, 1.807) is 28.9 Å². The number of halogens is 1. The molecule has 1 N–H and O–H groups in total. The first-order chi connectivity index (χ1) is 10.2. The Morgan fingerprint density at radius 1 is 1.33 bits per heavy atom. The lowest BCUT2D eigenvalue weighted by atomic mass is 10.2. The molecule has 2 amide bonds. The number of hydrogen-bond donors (Lipinski definition) is 1. The number of nitrogens with zero attached hydrogens (tertiary/aromatic N) is 3. The molecule has 21 heavy (non-hydrogen) atoms. The molecule has 0 unspecified atom stereocenters. The van der Waals surface area contributed by atoms with Crippen molar-refractivity contribution in [2.75, 3.05) is 16.1 Å². The molecule has 2 aromatic rings. The summed E-state index contributed by atoms with van der Waals surface area (Å²) < 4.78 is 1.56. The Morgan fingerprint density at radius 2 is 2.10 bits per heavy atom. The lowest BCUT2D eigenvalue weighted by molar-refractivity contribution is -0.115. The van der Waals surface area contributed by atoms with E-state index in [1.807, 2.05) is 6.92 Å². The molecule has 0 fully saturated rings. The number of para-hydroxylation sites is 2. The highest BCUT2D eigenvalue weighted by Crippen LogP contribution is 2.37. The Bertz CT molecular complexity index is 726. The quantitative estimate of drug-likeness (QED) is 0.866. The summed E-state index contributed by atoms with van der Waals surface area (Å²) in [6.07, 6.45) is 1.52. The molecule has 6 nitrogen and oxygen atoms in total. The van der Waals surface area contributed by atoms with E-state index >= 15 is 0 Å². The number of alkyl halides is 1. The van der Waals surface area contributed by atoms with Gasteiger partial charge in [0, 0.05) is 6.54 Å². The highest BCUT2D eigenvalue weighted by Gasteiger charge is 2.31. The zero-order valence-electron chi connectivity index (χ0n) is 11.3. The standard InChI is InChI=1S/C14H13ClN4O2/c1-2-18-13-11(8-16-18)19(12(20)7-15)10-6-4-3-5-9(10)17-14(13)21/h3-6,8H,2,7H2,1H3,(H,17,21). The first-order valence-corrected chi connectivity index (χ1v) is 7.06. The maximum Gasteiger partial charge on any atom is 0.276 e. The van der Waals surface area contributed by atoms with E-state index in [1.165, 1.54) is 11.1 Å². The number of aryl methyl sites for hydroxylation is 1. The maximum absolute atomic E-state index is 12.4. The minimum Gasteiger partial charge on any atom is -0.319 e. The molecule has 0 bridgehead atoms. The number of benzene rings is 1. The zero-order valence-corrected chi connectivity index (χ0v) is 12.1. The van der Waals surface area contributed by atoms with Crippen LogP contribution in [-0.2, 0) is 11.3 Å². The average molecular weight is 305 g/mol. The fourth-order valence-electron chi connectivity index (χ4n) is 2.43. The average Bonchev–Trinajstić information content (AvgIpc) is 2.87. The summed E-state index contributed by atoms with van der Waals surface area (Å²) in [6.45, 7) is 2.41. The molecule has 1 aliphatic rings. The van der Waals surface area contributed by atoms with E-state index in [0.29, 0.717) is 29.3 Å². The van der Waals surface area contributed by atoms with Crippen LogP contribution in [0.5, 0.6) is 0 Å². The van der Waals surface area contributed by atoms with Crippen LogP contribution in [-0.4, -0.2) is 27.5 Å². The summed E-state index contributed by atoms with van der Waals surface area (Å²) in [6, 6.07) is 7.11. The Balaban J connectivity index is 2.27. The summed E-state index contributed by atoms with van der Waals surface area (Å²) in [5.74, 6) is -0.779. The second-order valence-electron chi connectivity index (χ2n) is 4.53. The lowest BCUT2D eigenvalue weighted by Crippen LogP contribution is -2.27. The van der Waals surface area contributed by atoms with E-state index in [4.69, 9.17) is 11.6 Å². The lowest BCUT2D eigenvalue weighted by Gasteiger charge is -2.21. The van der Waals surface area contributed by atoms with Gasteiger partial charge < -0.3 is 5.32 Å². The van der Waals surface area contributed by atoms with Crippen molar-refractivity contribution >= 4 is 40.5 Å². The summed E-state index contributed by atoms with van der Waals surface area (Å²) in [7, 11) is 0. The predicted octanol–water partition coefficient (Wildman–Crippen LogP) is 2.37. The van der Waals surface area contributed by atoms with Crippen LogP contribution in [0.15, 0.2) is 30.5 Å². The van der Waals surface area contributed by atoms with Crippen LogP contribution in [0, 0.1) is 0 Å². The second kappa shape index (κ2) is 5.21. The van der Waals surface area contributed by atoms with Gasteiger partial charge in [-0.15, -0.1) is 11.6 Å². The van der Waals surface area contributed by atoms with E-state index in [0.717, 1.165) is 0 Å². The molecule has 0 spiro atoms.